The number of methoxy groups -OCH3 is 1. The summed E-state index contributed by atoms with van der Waals surface area (Å²) in [5.41, 5.74) is 3.41. The van der Waals surface area contributed by atoms with Gasteiger partial charge in [0.15, 0.2) is 0 Å². The monoisotopic (exact) mass is 415 g/mol. The normalized spacial score (nSPS) is 11.3. The van der Waals surface area contributed by atoms with Crippen LogP contribution in [-0.4, -0.2) is 27.6 Å². The number of hydrogen-bond acceptors (Lipinski definition) is 6. The summed E-state index contributed by atoms with van der Waals surface area (Å²) in [5, 5.41) is 5.60. The predicted octanol–water partition coefficient (Wildman–Crippen LogP) is 3.32. The molecule has 3 aromatic rings. The van der Waals surface area contributed by atoms with E-state index < -0.39 is 15.9 Å². The Bertz CT molecular complexity index is 1090. The zero-order chi connectivity index (χ0) is 20.0. The van der Waals surface area contributed by atoms with Gasteiger partial charge in [0.05, 0.1) is 24.6 Å². The summed E-state index contributed by atoms with van der Waals surface area (Å²) in [7, 11) is -2.22. The van der Waals surface area contributed by atoms with E-state index in [0.717, 1.165) is 11.3 Å². The Morgan fingerprint density at radius 3 is 2.57 bits per heavy atom. The van der Waals surface area contributed by atoms with Crippen molar-refractivity contribution in [2.45, 2.75) is 4.21 Å². The van der Waals surface area contributed by atoms with E-state index >= 15 is 0 Å². The molecule has 2 aromatic carbocycles. The first kappa shape index (κ1) is 19.6. The summed E-state index contributed by atoms with van der Waals surface area (Å²) in [6.07, 6.45) is 1.45. The lowest BCUT2D eigenvalue weighted by atomic mass is 10.2. The molecule has 28 heavy (non-hydrogen) atoms. The van der Waals surface area contributed by atoms with Gasteiger partial charge in [0.25, 0.3) is 15.9 Å². The first-order chi connectivity index (χ1) is 13.5. The van der Waals surface area contributed by atoms with Crippen LogP contribution in [0.3, 0.4) is 0 Å². The quantitative estimate of drug-likeness (QED) is 0.457. The van der Waals surface area contributed by atoms with Crippen LogP contribution in [0.5, 0.6) is 5.75 Å². The molecule has 9 heteroatoms. The number of benzene rings is 2. The number of ether oxygens (including phenoxy) is 1. The van der Waals surface area contributed by atoms with Crippen LogP contribution < -0.4 is 14.9 Å². The number of carbonyl (C=O) groups excluding carboxylic acids is 1. The fourth-order valence-electron chi connectivity index (χ4n) is 2.38. The van der Waals surface area contributed by atoms with Crippen LogP contribution in [0.25, 0.3) is 0 Å². The number of amides is 1. The first-order valence-electron chi connectivity index (χ1n) is 8.13. The van der Waals surface area contributed by atoms with Gasteiger partial charge in [-0.15, -0.1) is 11.3 Å². The number of hydrazone groups is 1. The Morgan fingerprint density at radius 1 is 1.07 bits per heavy atom. The molecule has 0 atom stereocenters. The van der Waals surface area contributed by atoms with E-state index in [1.54, 1.807) is 42.8 Å². The molecule has 0 bridgehead atoms. The molecule has 0 aliphatic carbocycles. The van der Waals surface area contributed by atoms with Gasteiger partial charge < -0.3 is 4.74 Å². The van der Waals surface area contributed by atoms with E-state index in [9.17, 15) is 13.2 Å². The number of para-hydroxylation sites is 2. The Hall–Kier alpha value is -3.17. The SMILES string of the molecule is COc1ccccc1/C=N\NC(=O)c1ccccc1NS(=O)(=O)c1cccs1. The molecular formula is C19H17N3O4S2. The largest absolute Gasteiger partial charge is 0.496 e. The average Bonchev–Trinajstić information content (AvgIpc) is 3.24. The molecule has 1 heterocycles. The van der Waals surface area contributed by atoms with E-state index in [2.05, 4.69) is 15.2 Å². The van der Waals surface area contributed by atoms with E-state index in [-0.39, 0.29) is 15.5 Å². The second kappa shape index (κ2) is 8.68. The molecule has 0 saturated heterocycles. The number of nitrogens with one attached hydrogen (secondary N) is 2. The van der Waals surface area contributed by atoms with Crippen LogP contribution >= 0.6 is 11.3 Å². The van der Waals surface area contributed by atoms with Crippen molar-refractivity contribution in [3.63, 3.8) is 0 Å². The van der Waals surface area contributed by atoms with Crippen LogP contribution in [0.4, 0.5) is 5.69 Å². The van der Waals surface area contributed by atoms with Crippen molar-refractivity contribution in [1.29, 1.82) is 0 Å². The Labute approximate surface area is 166 Å². The molecule has 144 valence electrons. The second-order valence-electron chi connectivity index (χ2n) is 5.52. The van der Waals surface area contributed by atoms with Gasteiger partial charge in [0.2, 0.25) is 0 Å². The predicted molar refractivity (Wildman–Crippen MR) is 110 cm³/mol. The van der Waals surface area contributed by atoms with Crippen LogP contribution in [0.15, 0.2) is 75.4 Å². The molecule has 0 unspecified atom stereocenters. The lowest BCUT2D eigenvalue weighted by Gasteiger charge is -2.10. The zero-order valence-corrected chi connectivity index (χ0v) is 16.5. The minimum Gasteiger partial charge on any atom is -0.496 e. The molecule has 1 amide bonds. The van der Waals surface area contributed by atoms with Crippen molar-refractivity contribution < 1.29 is 17.9 Å². The highest BCUT2D eigenvalue weighted by Gasteiger charge is 2.19. The Kier molecular flexibility index (Phi) is 6.07. The van der Waals surface area contributed by atoms with Gasteiger partial charge in [-0.2, -0.15) is 5.10 Å². The molecule has 0 fully saturated rings. The first-order valence-corrected chi connectivity index (χ1v) is 10.5. The standard InChI is InChI=1S/C19H17N3O4S2/c1-26-17-10-5-2-7-14(17)13-20-21-19(23)15-8-3-4-9-16(15)22-28(24,25)18-11-6-12-27-18/h2-13,22H,1H3,(H,21,23)/b20-13-. The third-order valence-electron chi connectivity index (χ3n) is 3.68. The maximum Gasteiger partial charge on any atom is 0.273 e. The lowest BCUT2D eigenvalue weighted by molar-refractivity contribution is 0.0956. The van der Waals surface area contributed by atoms with Crippen molar-refractivity contribution in [1.82, 2.24) is 5.43 Å². The third kappa shape index (κ3) is 4.56. The number of thiophene rings is 1. The zero-order valence-electron chi connectivity index (χ0n) is 14.8. The summed E-state index contributed by atoms with van der Waals surface area (Å²) in [6, 6.07) is 16.7. The van der Waals surface area contributed by atoms with Crippen LogP contribution in [0, 0.1) is 0 Å². The molecule has 0 radical (unpaired) electrons. The minimum atomic E-state index is -3.76. The highest BCUT2D eigenvalue weighted by Crippen LogP contribution is 2.23. The van der Waals surface area contributed by atoms with Crippen molar-refractivity contribution in [2.75, 3.05) is 11.8 Å². The van der Waals surface area contributed by atoms with Crippen molar-refractivity contribution in [2.24, 2.45) is 5.10 Å². The van der Waals surface area contributed by atoms with Gasteiger partial charge in [-0.05, 0) is 35.7 Å². The van der Waals surface area contributed by atoms with Gasteiger partial charge in [-0.1, -0.05) is 30.3 Å². The molecule has 0 saturated carbocycles. The maximum absolute atomic E-state index is 12.5. The van der Waals surface area contributed by atoms with Crippen LogP contribution in [-0.2, 0) is 10.0 Å². The summed E-state index contributed by atoms with van der Waals surface area (Å²) < 4.78 is 32.7. The second-order valence-corrected chi connectivity index (χ2v) is 8.38. The summed E-state index contributed by atoms with van der Waals surface area (Å²) in [5.74, 6) is 0.0697. The average molecular weight is 415 g/mol. The number of sulfonamides is 1. The molecule has 1 aromatic heterocycles. The van der Waals surface area contributed by atoms with Crippen molar-refractivity contribution in [3.05, 3.63) is 77.2 Å². The van der Waals surface area contributed by atoms with E-state index in [0.29, 0.717) is 11.3 Å². The fraction of sp³-hybridized carbons (Fsp3) is 0.0526. The minimum absolute atomic E-state index is 0.153. The summed E-state index contributed by atoms with van der Waals surface area (Å²) in [6.45, 7) is 0. The molecule has 3 rings (SSSR count). The van der Waals surface area contributed by atoms with Crippen molar-refractivity contribution >= 4 is 39.2 Å². The highest BCUT2D eigenvalue weighted by atomic mass is 32.2. The van der Waals surface area contributed by atoms with Gasteiger partial charge >= 0.3 is 0 Å². The molecule has 2 N–H and O–H groups in total. The smallest absolute Gasteiger partial charge is 0.273 e. The highest BCUT2D eigenvalue weighted by molar-refractivity contribution is 7.94. The maximum atomic E-state index is 12.5. The summed E-state index contributed by atoms with van der Waals surface area (Å²) in [4.78, 5) is 12.5. The Balaban J connectivity index is 1.77. The lowest BCUT2D eigenvalue weighted by Crippen LogP contribution is -2.21. The van der Waals surface area contributed by atoms with E-state index in [1.165, 1.54) is 24.4 Å². The fourth-order valence-corrected chi connectivity index (χ4v) is 4.45. The molecule has 0 spiro atoms. The van der Waals surface area contributed by atoms with Gasteiger partial charge in [-0.25, -0.2) is 13.8 Å². The Morgan fingerprint density at radius 2 is 1.82 bits per heavy atom. The molecule has 0 aliphatic rings. The van der Waals surface area contributed by atoms with E-state index in [4.69, 9.17) is 4.74 Å². The van der Waals surface area contributed by atoms with Gasteiger partial charge in [0.1, 0.15) is 9.96 Å². The van der Waals surface area contributed by atoms with Gasteiger partial charge in [0, 0.05) is 5.56 Å². The van der Waals surface area contributed by atoms with Gasteiger partial charge in [-0.3, -0.25) is 9.52 Å². The molecule has 0 aliphatic heterocycles. The molecular weight excluding hydrogens is 398 g/mol. The third-order valence-corrected chi connectivity index (χ3v) is 6.45. The number of anilines is 1. The number of hydrogen-bond donors (Lipinski definition) is 2. The topological polar surface area (TPSA) is 96.9 Å². The van der Waals surface area contributed by atoms with Crippen LogP contribution in [0.2, 0.25) is 0 Å². The number of carbonyl (C=O) groups is 1. The summed E-state index contributed by atoms with van der Waals surface area (Å²) >= 11 is 1.09. The van der Waals surface area contributed by atoms with Crippen LogP contribution in [0.1, 0.15) is 15.9 Å². The number of rotatable bonds is 7. The number of nitrogens with zero attached hydrogens (tertiary/aromatic N) is 1. The molecule has 7 nitrogen and oxygen atoms in total. The van der Waals surface area contributed by atoms with E-state index in [1.807, 2.05) is 12.1 Å². The van der Waals surface area contributed by atoms with Crippen molar-refractivity contribution in [3.8, 4) is 5.75 Å².